The van der Waals surface area contributed by atoms with Gasteiger partial charge in [-0.3, -0.25) is 9.59 Å². The quantitative estimate of drug-likeness (QED) is 0.483. The fourth-order valence-electron chi connectivity index (χ4n) is 1.41. The zero-order valence-electron chi connectivity index (χ0n) is 10.2. The van der Waals surface area contributed by atoms with E-state index in [1.54, 1.807) is 0 Å². The average molecular weight is 243 g/mol. The van der Waals surface area contributed by atoms with Crippen molar-refractivity contribution < 1.29 is 14.3 Å². The molecule has 0 saturated heterocycles. The number of nitrogens with two attached hydrogens (primary N) is 1. The van der Waals surface area contributed by atoms with Gasteiger partial charge in [-0.15, -0.1) is 0 Å². The number of amides is 2. The lowest BCUT2D eigenvalue weighted by molar-refractivity contribution is -0.130. The lowest BCUT2D eigenvalue weighted by Gasteiger charge is -2.12. The minimum absolute atomic E-state index is 0.0591. The topological polar surface area (TPSA) is 93.4 Å². The molecular weight excluding hydrogens is 222 g/mol. The standard InChI is InChI=1S/C11H21N3O3/c1-17-9(7-12)11(16)13-6-2-3-10(15)14-8-4-5-8/h8-9H,2-7,12H2,1H3,(H,13,16)(H,14,15). The van der Waals surface area contributed by atoms with Crippen LogP contribution in [0.3, 0.4) is 0 Å². The summed E-state index contributed by atoms with van der Waals surface area (Å²) in [6, 6.07) is 0.396. The summed E-state index contributed by atoms with van der Waals surface area (Å²) >= 11 is 0. The van der Waals surface area contributed by atoms with E-state index in [1.165, 1.54) is 7.11 Å². The summed E-state index contributed by atoms with van der Waals surface area (Å²) in [6.07, 6.45) is 2.65. The monoisotopic (exact) mass is 243 g/mol. The summed E-state index contributed by atoms with van der Waals surface area (Å²) in [4.78, 5) is 22.7. The van der Waals surface area contributed by atoms with Crippen molar-refractivity contribution in [3.05, 3.63) is 0 Å². The van der Waals surface area contributed by atoms with E-state index in [4.69, 9.17) is 10.5 Å². The minimum Gasteiger partial charge on any atom is -0.370 e. The number of ether oxygens (including phenoxy) is 1. The highest BCUT2D eigenvalue weighted by Gasteiger charge is 2.22. The molecule has 0 aliphatic heterocycles. The van der Waals surface area contributed by atoms with Crippen molar-refractivity contribution in [3.8, 4) is 0 Å². The predicted octanol–water partition coefficient (Wildman–Crippen LogP) is -0.865. The highest BCUT2D eigenvalue weighted by molar-refractivity contribution is 5.81. The Morgan fingerprint density at radius 2 is 2.18 bits per heavy atom. The third-order valence-corrected chi connectivity index (χ3v) is 2.61. The van der Waals surface area contributed by atoms with Crippen molar-refractivity contribution in [1.29, 1.82) is 0 Å². The van der Waals surface area contributed by atoms with E-state index >= 15 is 0 Å². The average Bonchev–Trinajstić information content (AvgIpc) is 3.10. The molecule has 2 amide bonds. The van der Waals surface area contributed by atoms with E-state index in [1.807, 2.05) is 0 Å². The Hall–Kier alpha value is -1.14. The molecule has 17 heavy (non-hydrogen) atoms. The van der Waals surface area contributed by atoms with Crippen molar-refractivity contribution in [1.82, 2.24) is 10.6 Å². The molecule has 6 nitrogen and oxygen atoms in total. The van der Waals surface area contributed by atoms with Gasteiger partial charge in [-0.2, -0.15) is 0 Å². The highest BCUT2D eigenvalue weighted by atomic mass is 16.5. The molecule has 1 aliphatic rings. The number of rotatable bonds is 8. The summed E-state index contributed by atoms with van der Waals surface area (Å²) in [6.45, 7) is 0.626. The minimum atomic E-state index is -0.602. The van der Waals surface area contributed by atoms with Gasteiger partial charge in [0.05, 0.1) is 0 Å². The fraction of sp³-hybridized carbons (Fsp3) is 0.818. The summed E-state index contributed by atoms with van der Waals surface area (Å²) in [5, 5.41) is 5.58. The van der Waals surface area contributed by atoms with Gasteiger partial charge in [0, 0.05) is 32.7 Å². The third-order valence-electron chi connectivity index (χ3n) is 2.61. The molecule has 0 aromatic rings. The molecule has 0 heterocycles. The van der Waals surface area contributed by atoms with Gasteiger partial charge < -0.3 is 21.1 Å². The van der Waals surface area contributed by atoms with Crippen molar-refractivity contribution in [2.24, 2.45) is 5.73 Å². The van der Waals surface area contributed by atoms with E-state index in [0.717, 1.165) is 12.8 Å². The van der Waals surface area contributed by atoms with Gasteiger partial charge in [0.15, 0.2) is 0 Å². The summed E-state index contributed by atoms with van der Waals surface area (Å²) in [5.74, 6) is -0.165. The Morgan fingerprint density at radius 1 is 1.47 bits per heavy atom. The zero-order valence-corrected chi connectivity index (χ0v) is 10.2. The van der Waals surface area contributed by atoms with Crippen molar-refractivity contribution in [3.63, 3.8) is 0 Å². The second-order valence-electron chi connectivity index (χ2n) is 4.20. The van der Waals surface area contributed by atoms with Gasteiger partial charge >= 0.3 is 0 Å². The van der Waals surface area contributed by atoms with E-state index < -0.39 is 6.10 Å². The lowest BCUT2D eigenvalue weighted by Crippen LogP contribution is -2.41. The van der Waals surface area contributed by atoms with Gasteiger partial charge in [0.25, 0.3) is 0 Å². The van der Waals surface area contributed by atoms with Crippen LogP contribution in [0.5, 0.6) is 0 Å². The first kappa shape index (κ1) is 13.9. The van der Waals surface area contributed by atoms with E-state index in [0.29, 0.717) is 25.4 Å². The second kappa shape index (κ2) is 7.24. The summed E-state index contributed by atoms with van der Waals surface area (Å²) in [7, 11) is 1.44. The number of hydrogen-bond acceptors (Lipinski definition) is 4. The van der Waals surface area contributed by atoms with Crippen LogP contribution in [0.25, 0.3) is 0 Å². The molecule has 0 spiro atoms. The molecule has 1 rings (SSSR count). The number of hydrogen-bond donors (Lipinski definition) is 3. The van der Waals surface area contributed by atoms with Crippen LogP contribution in [0.4, 0.5) is 0 Å². The first-order valence-corrected chi connectivity index (χ1v) is 5.97. The van der Waals surface area contributed by atoms with Crippen LogP contribution < -0.4 is 16.4 Å². The molecule has 1 atom stereocenters. The molecule has 1 unspecified atom stereocenters. The normalized spacial score (nSPS) is 16.4. The molecule has 4 N–H and O–H groups in total. The van der Waals surface area contributed by atoms with Gasteiger partial charge in [0.2, 0.25) is 11.8 Å². The molecule has 0 aromatic heterocycles. The molecular formula is C11H21N3O3. The van der Waals surface area contributed by atoms with Crippen LogP contribution in [0.15, 0.2) is 0 Å². The Labute approximate surface area is 101 Å². The van der Waals surface area contributed by atoms with Crippen LogP contribution in [0, 0.1) is 0 Å². The van der Waals surface area contributed by atoms with E-state index in [9.17, 15) is 9.59 Å². The van der Waals surface area contributed by atoms with E-state index in [2.05, 4.69) is 10.6 Å². The fourth-order valence-corrected chi connectivity index (χ4v) is 1.41. The van der Waals surface area contributed by atoms with Crippen LogP contribution in [0.2, 0.25) is 0 Å². The number of nitrogens with one attached hydrogen (secondary N) is 2. The molecule has 0 aromatic carbocycles. The third kappa shape index (κ3) is 5.65. The van der Waals surface area contributed by atoms with Crippen LogP contribution in [0.1, 0.15) is 25.7 Å². The molecule has 0 radical (unpaired) electrons. The first-order chi connectivity index (χ1) is 8.17. The van der Waals surface area contributed by atoms with Crippen molar-refractivity contribution in [2.75, 3.05) is 20.2 Å². The highest BCUT2D eigenvalue weighted by Crippen LogP contribution is 2.18. The predicted molar refractivity (Wildman–Crippen MR) is 63.3 cm³/mol. The summed E-state index contributed by atoms with van der Waals surface area (Å²) in [5.41, 5.74) is 5.35. The van der Waals surface area contributed by atoms with Gasteiger partial charge in [-0.05, 0) is 19.3 Å². The number of methoxy groups -OCH3 is 1. The Kier molecular flexibility index (Phi) is 5.93. The molecule has 1 fully saturated rings. The van der Waals surface area contributed by atoms with Gasteiger partial charge in [-0.1, -0.05) is 0 Å². The largest absolute Gasteiger partial charge is 0.370 e. The maximum absolute atomic E-state index is 11.4. The molecule has 6 heteroatoms. The number of carbonyl (C=O) groups excluding carboxylic acids is 2. The molecule has 1 aliphatic carbocycles. The van der Waals surface area contributed by atoms with E-state index in [-0.39, 0.29) is 18.4 Å². The molecule has 0 bridgehead atoms. The SMILES string of the molecule is COC(CN)C(=O)NCCCC(=O)NC1CC1. The smallest absolute Gasteiger partial charge is 0.250 e. The summed E-state index contributed by atoms with van der Waals surface area (Å²) < 4.78 is 4.88. The Morgan fingerprint density at radius 3 is 2.71 bits per heavy atom. The van der Waals surface area contributed by atoms with Crippen molar-refractivity contribution >= 4 is 11.8 Å². The maximum atomic E-state index is 11.4. The van der Waals surface area contributed by atoms with Gasteiger partial charge in [-0.25, -0.2) is 0 Å². The Balaban J connectivity index is 2.02. The Bertz CT molecular complexity index is 263. The van der Waals surface area contributed by atoms with Crippen LogP contribution >= 0.6 is 0 Å². The zero-order chi connectivity index (χ0) is 12.7. The molecule has 1 saturated carbocycles. The first-order valence-electron chi connectivity index (χ1n) is 5.97. The molecule has 98 valence electrons. The van der Waals surface area contributed by atoms with Crippen molar-refractivity contribution in [2.45, 2.75) is 37.8 Å². The van der Waals surface area contributed by atoms with Crippen LogP contribution in [-0.4, -0.2) is 44.2 Å². The van der Waals surface area contributed by atoms with Crippen LogP contribution in [-0.2, 0) is 14.3 Å². The lowest BCUT2D eigenvalue weighted by atomic mass is 10.2. The maximum Gasteiger partial charge on any atom is 0.250 e. The number of carbonyl (C=O) groups is 2. The van der Waals surface area contributed by atoms with Gasteiger partial charge in [0.1, 0.15) is 6.10 Å². The second-order valence-corrected chi connectivity index (χ2v) is 4.20.